The minimum absolute atomic E-state index is 0. The Balaban J connectivity index is 0. The van der Waals surface area contributed by atoms with E-state index < -0.39 is 34.6 Å². The topological polar surface area (TPSA) is 69.7 Å². The number of rotatable bonds is 3. The Morgan fingerprint density at radius 3 is 2.33 bits per heavy atom. The summed E-state index contributed by atoms with van der Waals surface area (Å²) in [6.07, 6.45) is -6.35. The molecule has 0 saturated carbocycles. The number of nitrogens with zero attached hydrogens (tertiary/aromatic N) is 1. The van der Waals surface area contributed by atoms with Crippen LogP contribution in [0.4, 0.5) is 18.0 Å². The van der Waals surface area contributed by atoms with E-state index in [1.165, 1.54) is 0 Å². The maximum Gasteiger partial charge on any atom is 1.00 e. The molecule has 0 rings (SSSR count). The van der Waals surface area contributed by atoms with Crippen LogP contribution in [0, 0.1) is 0 Å². The Hall–Kier alpha value is -0.493. The van der Waals surface area contributed by atoms with E-state index in [1.54, 1.807) is 0 Å². The first kappa shape index (κ1) is 16.9. The van der Waals surface area contributed by atoms with E-state index in [4.69, 9.17) is 0 Å². The molecule has 0 radical (unpaired) electrons. The number of halogens is 3. The smallest absolute Gasteiger partial charge is 0.755 e. The summed E-state index contributed by atoms with van der Waals surface area (Å²) in [6.45, 7) is 2.56. The van der Waals surface area contributed by atoms with Crippen LogP contribution in [0.2, 0.25) is 0 Å². The van der Waals surface area contributed by atoms with Gasteiger partial charge in [0.05, 0.1) is 11.3 Å². The number of amides is 1. The van der Waals surface area contributed by atoms with E-state index in [0.29, 0.717) is 0 Å². The molecule has 0 aromatic rings. The van der Waals surface area contributed by atoms with E-state index in [1.807, 2.05) is 0 Å². The molecule has 5 nitrogen and oxygen atoms in total. The number of alkyl halides is 3. The SMILES string of the molecule is C=CCOC(=O)N(S(=O)[O-])C(F)(F)F.[Li+]. The van der Waals surface area contributed by atoms with Gasteiger partial charge in [0.2, 0.25) is 0 Å². The minimum Gasteiger partial charge on any atom is -0.755 e. The monoisotopic (exact) mass is 239 g/mol. The van der Waals surface area contributed by atoms with Gasteiger partial charge in [-0.25, -0.2) is 4.79 Å². The van der Waals surface area contributed by atoms with Crippen molar-refractivity contribution in [1.82, 2.24) is 4.31 Å². The van der Waals surface area contributed by atoms with Gasteiger partial charge >= 0.3 is 31.3 Å². The Labute approximate surface area is 97.9 Å². The normalized spacial score (nSPS) is 12.3. The van der Waals surface area contributed by atoms with Crippen molar-refractivity contribution in [3.63, 3.8) is 0 Å². The second-order valence-corrected chi connectivity index (χ2v) is 2.64. The molecule has 0 aliphatic rings. The van der Waals surface area contributed by atoms with E-state index in [0.717, 1.165) is 6.08 Å². The number of ether oxygens (including phenoxy) is 1. The molecule has 0 bridgehead atoms. The molecule has 1 amide bonds. The summed E-state index contributed by atoms with van der Waals surface area (Å²) in [7, 11) is 0. The fourth-order valence-corrected chi connectivity index (χ4v) is 0.781. The molecule has 0 aliphatic carbocycles. The van der Waals surface area contributed by atoms with Gasteiger partial charge in [-0.1, -0.05) is 12.7 Å². The molecular formula is C5H5F3LiNO4S. The number of carbonyl (C=O) groups is 1. The molecule has 10 heteroatoms. The molecule has 0 fully saturated rings. The predicted octanol–water partition coefficient (Wildman–Crippen LogP) is -2.07. The Morgan fingerprint density at radius 2 is 2.07 bits per heavy atom. The van der Waals surface area contributed by atoms with Crippen LogP contribution in [-0.2, 0) is 16.0 Å². The average molecular weight is 239 g/mol. The molecule has 0 heterocycles. The van der Waals surface area contributed by atoms with E-state index >= 15 is 0 Å². The van der Waals surface area contributed by atoms with Crippen LogP contribution < -0.4 is 18.9 Å². The van der Waals surface area contributed by atoms with E-state index in [2.05, 4.69) is 11.3 Å². The van der Waals surface area contributed by atoms with Crippen LogP contribution in [0.1, 0.15) is 0 Å². The van der Waals surface area contributed by atoms with Crippen LogP contribution in [0.5, 0.6) is 0 Å². The second kappa shape index (κ2) is 6.89. The van der Waals surface area contributed by atoms with Crippen molar-refractivity contribution in [2.75, 3.05) is 6.61 Å². The molecule has 15 heavy (non-hydrogen) atoms. The molecule has 1 unspecified atom stereocenters. The van der Waals surface area contributed by atoms with E-state index in [9.17, 15) is 26.7 Å². The van der Waals surface area contributed by atoms with Gasteiger partial charge in [-0.05, 0) is 0 Å². The summed E-state index contributed by atoms with van der Waals surface area (Å²) in [5, 5.41) is 0. The first-order chi connectivity index (χ1) is 6.30. The Kier molecular flexibility index (Phi) is 7.78. The third-order valence-corrected chi connectivity index (χ3v) is 1.52. The predicted molar refractivity (Wildman–Crippen MR) is 38.4 cm³/mol. The summed E-state index contributed by atoms with van der Waals surface area (Å²) in [4.78, 5) is 10.5. The molecule has 0 aliphatic heterocycles. The third kappa shape index (κ3) is 5.84. The van der Waals surface area contributed by atoms with Gasteiger partial charge in [0, 0.05) is 0 Å². The van der Waals surface area contributed by atoms with Crippen LogP contribution in [0.15, 0.2) is 12.7 Å². The fraction of sp³-hybridized carbons (Fsp3) is 0.400. The standard InChI is InChI=1S/C5H6F3NO4S.Li/c1-2-3-13-4(10)9(14(11)12)5(6,7)8;/h2H,1,3H2,(H,11,12);/q;+1/p-1. The van der Waals surface area contributed by atoms with Crippen molar-refractivity contribution in [3.05, 3.63) is 12.7 Å². The maximum atomic E-state index is 11.9. The molecule has 0 aromatic heterocycles. The molecule has 0 N–H and O–H groups in total. The zero-order valence-electron chi connectivity index (χ0n) is 7.61. The van der Waals surface area contributed by atoms with Crippen molar-refractivity contribution in [2.24, 2.45) is 0 Å². The van der Waals surface area contributed by atoms with Crippen LogP contribution in [-0.4, -0.2) is 32.1 Å². The quantitative estimate of drug-likeness (QED) is 0.245. The first-order valence-electron chi connectivity index (χ1n) is 3.04. The molecule has 0 aromatic carbocycles. The fourth-order valence-electron chi connectivity index (χ4n) is 0.438. The van der Waals surface area contributed by atoms with Gasteiger partial charge in [0.15, 0.2) is 0 Å². The zero-order chi connectivity index (χ0) is 11.4. The largest absolute Gasteiger partial charge is 1.00 e. The molecule has 0 spiro atoms. The van der Waals surface area contributed by atoms with Crippen molar-refractivity contribution in [1.29, 1.82) is 0 Å². The molecule has 1 atom stereocenters. The van der Waals surface area contributed by atoms with Gasteiger partial charge in [-0.2, -0.15) is 0 Å². The van der Waals surface area contributed by atoms with Crippen LogP contribution >= 0.6 is 0 Å². The molecule has 82 valence electrons. The molecule has 0 saturated heterocycles. The van der Waals surface area contributed by atoms with Crippen LogP contribution in [0.3, 0.4) is 0 Å². The Bertz CT molecular complexity index is 259. The summed E-state index contributed by atoms with van der Waals surface area (Å²) < 4.78 is 58.2. The van der Waals surface area contributed by atoms with Crippen molar-refractivity contribution in [2.45, 2.75) is 6.30 Å². The van der Waals surface area contributed by atoms with Crippen molar-refractivity contribution in [3.8, 4) is 0 Å². The number of carbonyl (C=O) groups excluding carboxylic acids is 1. The summed E-state index contributed by atoms with van der Waals surface area (Å²) in [5.41, 5.74) is 0. The minimum atomic E-state index is -5.33. The van der Waals surface area contributed by atoms with Gasteiger partial charge in [0.25, 0.3) is 0 Å². The second-order valence-electron chi connectivity index (χ2n) is 1.84. The van der Waals surface area contributed by atoms with Crippen molar-refractivity contribution < 1.29 is 50.3 Å². The third-order valence-electron chi connectivity index (χ3n) is 0.870. The van der Waals surface area contributed by atoms with Crippen LogP contribution in [0.25, 0.3) is 0 Å². The van der Waals surface area contributed by atoms with Gasteiger partial charge in [-0.15, -0.1) is 17.5 Å². The Morgan fingerprint density at radius 1 is 1.60 bits per heavy atom. The number of hydrogen-bond donors (Lipinski definition) is 0. The summed E-state index contributed by atoms with van der Waals surface area (Å²) >= 11 is -3.76. The summed E-state index contributed by atoms with van der Waals surface area (Å²) in [6, 6.07) is 0. The molecular weight excluding hydrogens is 234 g/mol. The summed E-state index contributed by atoms with van der Waals surface area (Å²) in [5.74, 6) is 0. The maximum absolute atomic E-state index is 11.9. The van der Waals surface area contributed by atoms with E-state index in [-0.39, 0.29) is 18.9 Å². The van der Waals surface area contributed by atoms with Gasteiger partial charge < -0.3 is 9.29 Å². The zero-order valence-corrected chi connectivity index (χ0v) is 8.43. The number of hydrogen-bond acceptors (Lipinski definition) is 4. The van der Waals surface area contributed by atoms with Crippen molar-refractivity contribution >= 4 is 17.4 Å². The van der Waals surface area contributed by atoms with Gasteiger partial charge in [-0.3, -0.25) is 4.21 Å². The first-order valence-corrected chi connectivity index (χ1v) is 4.08. The van der Waals surface area contributed by atoms with Gasteiger partial charge in [0.1, 0.15) is 6.61 Å². The average Bonchev–Trinajstić information content (AvgIpc) is 1.97.